The van der Waals surface area contributed by atoms with E-state index in [0.29, 0.717) is 24.6 Å². The van der Waals surface area contributed by atoms with Crippen LogP contribution in [0.15, 0.2) is 71.6 Å². The summed E-state index contributed by atoms with van der Waals surface area (Å²) in [5.74, 6) is 2.48. The highest BCUT2D eigenvalue weighted by Crippen LogP contribution is 2.47. The maximum absolute atomic E-state index is 13.4. The van der Waals surface area contributed by atoms with Gasteiger partial charge in [-0.05, 0) is 74.3 Å². The molecule has 0 aromatic heterocycles. The lowest BCUT2D eigenvalue weighted by Gasteiger charge is -2.26. The van der Waals surface area contributed by atoms with Crippen molar-refractivity contribution in [2.24, 2.45) is 0 Å². The molecule has 1 aliphatic heterocycles. The molecular weight excluding hydrogens is 464 g/mol. The lowest BCUT2D eigenvalue weighted by Crippen LogP contribution is -2.43. The first kappa shape index (κ1) is 24.9. The van der Waals surface area contributed by atoms with Crippen molar-refractivity contribution in [2.75, 3.05) is 46.3 Å². The second-order valence-corrected chi connectivity index (χ2v) is 9.64. The minimum Gasteiger partial charge on any atom is -0.497 e. The Bertz CT molecular complexity index is 1150. The summed E-state index contributed by atoms with van der Waals surface area (Å²) < 4.78 is 16.6. The van der Waals surface area contributed by atoms with Crippen molar-refractivity contribution in [1.82, 2.24) is 4.90 Å². The van der Waals surface area contributed by atoms with Crippen LogP contribution >= 0.6 is 11.8 Å². The molecule has 35 heavy (non-hydrogen) atoms. The first-order chi connectivity index (χ1) is 16.9. The molecule has 4 rings (SSSR count). The number of carbonyl (C=O) groups excluding carboxylic acids is 1. The number of aliphatic hydroxyl groups is 1. The van der Waals surface area contributed by atoms with Gasteiger partial charge in [0.1, 0.15) is 29.1 Å². The minimum absolute atomic E-state index is 0.317. The second kappa shape index (κ2) is 11.0. The van der Waals surface area contributed by atoms with E-state index in [4.69, 9.17) is 14.2 Å². The van der Waals surface area contributed by atoms with Crippen molar-refractivity contribution in [3.05, 3.63) is 72.3 Å². The molecule has 1 heterocycles. The summed E-state index contributed by atoms with van der Waals surface area (Å²) >= 11 is 1.46. The van der Waals surface area contributed by atoms with Crippen LogP contribution in [0.3, 0.4) is 0 Å². The molecule has 0 saturated carbocycles. The lowest BCUT2D eigenvalue weighted by atomic mass is 10.1. The third kappa shape index (κ3) is 5.73. The van der Waals surface area contributed by atoms with E-state index in [0.717, 1.165) is 27.6 Å². The predicted octanol–water partition coefficient (Wildman–Crippen LogP) is 4.60. The molecule has 0 aliphatic carbocycles. The third-order valence-corrected chi connectivity index (χ3v) is 7.16. The molecule has 0 unspecified atom stereocenters. The Hall–Kier alpha value is -3.20. The van der Waals surface area contributed by atoms with Gasteiger partial charge in [-0.2, -0.15) is 0 Å². The molecule has 0 radical (unpaired) electrons. The topological polar surface area (TPSA) is 71.5 Å². The van der Waals surface area contributed by atoms with Crippen molar-refractivity contribution < 1.29 is 24.1 Å². The number of ether oxygens (including phenoxy) is 3. The standard InChI is InChI=1S/C27H30N2O5S/c1-28(2)15-16-29-23-14-13-22(34-21-11-9-20(33-4)10-12-21)17-24(23)35-26(25(30)27(29)31)18-5-7-19(32-3)8-6-18/h5-14,17,25-26,30H,15-16H2,1-4H3/t25-,26+/m1/s1. The molecular formula is C27H30N2O5S. The second-order valence-electron chi connectivity index (χ2n) is 8.46. The minimum atomic E-state index is -1.20. The Morgan fingerprint density at radius 1 is 0.886 bits per heavy atom. The van der Waals surface area contributed by atoms with Crippen LogP contribution in [-0.2, 0) is 4.79 Å². The van der Waals surface area contributed by atoms with E-state index < -0.39 is 11.4 Å². The van der Waals surface area contributed by atoms with Gasteiger partial charge in [-0.15, -0.1) is 11.8 Å². The van der Waals surface area contributed by atoms with Gasteiger partial charge in [0, 0.05) is 18.0 Å². The smallest absolute Gasteiger partial charge is 0.257 e. The number of fused-ring (bicyclic) bond motifs is 1. The number of thioether (sulfide) groups is 1. The number of rotatable bonds is 8. The van der Waals surface area contributed by atoms with Crippen molar-refractivity contribution in [2.45, 2.75) is 16.2 Å². The van der Waals surface area contributed by atoms with Gasteiger partial charge in [0.2, 0.25) is 0 Å². The first-order valence-corrected chi connectivity index (χ1v) is 12.2. The van der Waals surface area contributed by atoms with Crippen molar-refractivity contribution in [3.8, 4) is 23.0 Å². The van der Waals surface area contributed by atoms with Crippen LogP contribution < -0.4 is 19.1 Å². The van der Waals surface area contributed by atoms with Crippen molar-refractivity contribution in [1.29, 1.82) is 0 Å². The molecule has 8 heteroatoms. The largest absolute Gasteiger partial charge is 0.497 e. The highest BCUT2D eigenvalue weighted by Gasteiger charge is 2.37. The monoisotopic (exact) mass is 494 g/mol. The van der Waals surface area contributed by atoms with Gasteiger partial charge in [-0.1, -0.05) is 12.1 Å². The van der Waals surface area contributed by atoms with E-state index >= 15 is 0 Å². The fraction of sp³-hybridized carbons (Fsp3) is 0.296. The van der Waals surface area contributed by atoms with E-state index in [9.17, 15) is 9.90 Å². The SMILES string of the molecule is COc1ccc(Oc2ccc3c(c2)S[C@@H](c2ccc(OC)cc2)[C@@H](O)C(=O)N3CCN(C)C)cc1. The van der Waals surface area contributed by atoms with Gasteiger partial charge < -0.3 is 29.1 Å². The number of hydrogen-bond donors (Lipinski definition) is 1. The van der Waals surface area contributed by atoms with Crippen LogP contribution in [0.2, 0.25) is 0 Å². The highest BCUT2D eigenvalue weighted by atomic mass is 32.2. The normalized spacial score (nSPS) is 17.7. The van der Waals surface area contributed by atoms with E-state index in [1.165, 1.54) is 11.8 Å². The molecule has 0 saturated heterocycles. The number of anilines is 1. The Morgan fingerprint density at radius 2 is 1.46 bits per heavy atom. The number of amides is 1. The zero-order chi connectivity index (χ0) is 24.9. The fourth-order valence-corrected chi connectivity index (χ4v) is 5.13. The van der Waals surface area contributed by atoms with Gasteiger partial charge >= 0.3 is 0 Å². The van der Waals surface area contributed by atoms with Gasteiger partial charge in [0.25, 0.3) is 5.91 Å². The van der Waals surface area contributed by atoms with Gasteiger partial charge in [-0.3, -0.25) is 4.79 Å². The van der Waals surface area contributed by atoms with Crippen LogP contribution in [0.5, 0.6) is 23.0 Å². The van der Waals surface area contributed by atoms with Gasteiger partial charge in [-0.25, -0.2) is 0 Å². The van der Waals surface area contributed by atoms with Crippen LogP contribution in [0, 0.1) is 0 Å². The highest BCUT2D eigenvalue weighted by molar-refractivity contribution is 7.99. The molecule has 0 fully saturated rings. The molecule has 0 bridgehead atoms. The van der Waals surface area contributed by atoms with Gasteiger partial charge in [0.05, 0.1) is 25.2 Å². The molecule has 1 N–H and O–H groups in total. The average Bonchev–Trinajstić information content (AvgIpc) is 2.97. The van der Waals surface area contributed by atoms with Crippen molar-refractivity contribution in [3.63, 3.8) is 0 Å². The van der Waals surface area contributed by atoms with Crippen LogP contribution in [0.4, 0.5) is 5.69 Å². The zero-order valence-corrected chi connectivity index (χ0v) is 21.1. The summed E-state index contributed by atoms with van der Waals surface area (Å²) in [6.45, 7) is 1.13. The van der Waals surface area contributed by atoms with Crippen LogP contribution in [-0.4, -0.2) is 63.4 Å². The quantitative estimate of drug-likeness (QED) is 0.491. The summed E-state index contributed by atoms with van der Waals surface area (Å²) in [5, 5.41) is 10.7. The van der Waals surface area contributed by atoms with E-state index in [2.05, 4.69) is 0 Å². The molecule has 184 valence electrons. The molecule has 1 amide bonds. The fourth-order valence-electron chi connectivity index (χ4n) is 3.84. The van der Waals surface area contributed by atoms with Crippen LogP contribution in [0.1, 0.15) is 10.8 Å². The number of hydrogen-bond acceptors (Lipinski definition) is 7. The Labute approximate surface area is 210 Å². The molecule has 2 atom stereocenters. The summed E-state index contributed by atoms with van der Waals surface area (Å²) in [5.41, 5.74) is 1.61. The third-order valence-electron chi connectivity index (χ3n) is 5.79. The molecule has 3 aromatic carbocycles. The predicted molar refractivity (Wildman–Crippen MR) is 138 cm³/mol. The average molecular weight is 495 g/mol. The first-order valence-electron chi connectivity index (χ1n) is 11.3. The lowest BCUT2D eigenvalue weighted by molar-refractivity contribution is -0.126. The molecule has 1 aliphatic rings. The summed E-state index contributed by atoms with van der Waals surface area (Å²) in [4.78, 5) is 18.0. The van der Waals surface area contributed by atoms with E-state index in [1.807, 2.05) is 85.7 Å². The summed E-state index contributed by atoms with van der Waals surface area (Å²) in [7, 11) is 7.15. The number of methoxy groups -OCH3 is 2. The number of aliphatic hydroxyl groups excluding tert-OH is 1. The van der Waals surface area contributed by atoms with Gasteiger partial charge in [0.15, 0.2) is 0 Å². The number of likely N-dealkylation sites (N-methyl/N-ethyl adjacent to an activating group) is 1. The number of nitrogens with zero attached hydrogens (tertiary/aromatic N) is 2. The van der Waals surface area contributed by atoms with Crippen molar-refractivity contribution >= 4 is 23.4 Å². The van der Waals surface area contributed by atoms with Crippen LogP contribution in [0.25, 0.3) is 0 Å². The summed E-state index contributed by atoms with van der Waals surface area (Å²) in [6, 6.07) is 20.5. The van der Waals surface area contributed by atoms with E-state index in [1.54, 1.807) is 19.1 Å². The Morgan fingerprint density at radius 3 is 2.06 bits per heavy atom. The number of carbonyl (C=O) groups is 1. The maximum Gasteiger partial charge on any atom is 0.257 e. The molecule has 0 spiro atoms. The molecule has 3 aromatic rings. The van der Waals surface area contributed by atoms with E-state index in [-0.39, 0.29) is 5.91 Å². The maximum atomic E-state index is 13.4. The Kier molecular flexibility index (Phi) is 7.85. The molecule has 7 nitrogen and oxygen atoms in total. The summed E-state index contributed by atoms with van der Waals surface area (Å²) in [6.07, 6.45) is -1.20. The Balaban J connectivity index is 1.70. The zero-order valence-electron chi connectivity index (χ0n) is 20.3. The number of benzene rings is 3.